The Balaban J connectivity index is 0.000000321. The van der Waals surface area contributed by atoms with E-state index in [4.69, 9.17) is 0 Å². The number of aromatic nitrogens is 6. The Morgan fingerprint density at radius 2 is 0.313 bits per heavy atom. The van der Waals surface area contributed by atoms with E-state index >= 15 is 0 Å². The molecule has 584 valence electrons. The molecule has 6 aromatic carbocycles. The topological polar surface area (TPSA) is 152 Å². The van der Waals surface area contributed by atoms with Crippen LogP contribution < -0.4 is 0 Å². The van der Waals surface area contributed by atoms with E-state index in [0.29, 0.717) is 0 Å². The molecule has 34 heteroatoms. The molecule has 115 heavy (non-hydrogen) atoms. The molecule has 0 spiro atoms. The summed E-state index contributed by atoms with van der Waals surface area (Å²) in [7, 11) is -24.0. The Hall–Kier alpha value is -11.4. The first kappa shape index (κ1) is 96.0. The van der Waals surface area contributed by atoms with Gasteiger partial charge in [-0.3, -0.25) is 59.9 Å². The summed E-state index contributed by atoms with van der Waals surface area (Å²) in [5.74, 6) is 0. The van der Waals surface area contributed by atoms with Gasteiger partial charge in [-0.1, -0.05) is 109 Å². The van der Waals surface area contributed by atoms with Crippen molar-refractivity contribution in [2.24, 2.45) is 30.0 Å². The number of benzene rings is 6. The fourth-order valence-electron chi connectivity index (χ4n) is 9.80. The molecule has 0 saturated heterocycles. The van der Waals surface area contributed by atoms with Gasteiger partial charge in [-0.2, -0.15) is 0 Å². The zero-order valence-electron chi connectivity index (χ0n) is 63.0. The molecule has 0 fully saturated rings. The predicted octanol–water partition coefficient (Wildman–Crippen LogP) is 24.2. The Morgan fingerprint density at radius 3 is 0.409 bits per heavy atom. The zero-order chi connectivity index (χ0) is 82.4. The normalized spacial score (nSPS) is 11.8. The van der Waals surface area contributed by atoms with Gasteiger partial charge in [-0.15, -0.1) is 0 Å². The molecule has 0 amide bonds. The third kappa shape index (κ3) is 42.4. The average molecular weight is 1690 g/mol. The summed E-state index contributed by atoms with van der Waals surface area (Å²) in [4.78, 5) is 54.1. The quantitative estimate of drug-likeness (QED) is 0.0474. The molecule has 0 aliphatic heterocycles. The summed E-state index contributed by atoms with van der Waals surface area (Å²) in [5.41, 5.74) is 23.9. The van der Waals surface area contributed by atoms with E-state index in [0.717, 1.165) is 122 Å². The molecule has 0 bridgehead atoms. The van der Waals surface area contributed by atoms with Crippen LogP contribution in [0.3, 0.4) is 0 Å². The summed E-state index contributed by atoms with van der Waals surface area (Å²) in [6.45, 7) is 11.9. The fraction of sp³-hybridized carbons (Fsp3) is 0.111. The molecule has 0 aliphatic carbocycles. The van der Waals surface area contributed by atoms with Gasteiger partial charge >= 0.3 is 68.0 Å². The Bertz CT molecular complexity index is 4170. The van der Waals surface area contributed by atoms with Gasteiger partial charge in [0.05, 0.1) is 103 Å². The molecular formula is C81H72B4F16N12Zn2. The van der Waals surface area contributed by atoms with Crippen LogP contribution in [-0.2, 0) is 58.2 Å². The number of pyridine rings is 6. The van der Waals surface area contributed by atoms with Crippen molar-refractivity contribution in [3.05, 3.63) is 360 Å². The van der Waals surface area contributed by atoms with Gasteiger partial charge in [0.25, 0.3) is 0 Å². The largest absolute Gasteiger partial charge is 2.00 e. The molecule has 12 rings (SSSR count). The molecule has 12 nitrogen and oxygen atoms in total. The molecule has 0 unspecified atom stereocenters. The smallest absolute Gasteiger partial charge is 0.418 e. The van der Waals surface area contributed by atoms with Crippen molar-refractivity contribution in [3.8, 4) is 0 Å². The maximum absolute atomic E-state index is 9.75. The molecule has 12 aromatic rings. The first-order chi connectivity index (χ1) is 53.5. The van der Waals surface area contributed by atoms with E-state index in [9.17, 15) is 69.1 Å². The van der Waals surface area contributed by atoms with Crippen molar-refractivity contribution < 1.29 is 108 Å². The molecule has 0 radical (unpaired) electrons. The number of aliphatic imine (C=N–C) groups is 6. The molecular weight excluding hydrogens is 1620 g/mol. The first-order valence-electron chi connectivity index (χ1n) is 34.3. The van der Waals surface area contributed by atoms with Crippen LogP contribution in [0.2, 0.25) is 0 Å². The van der Waals surface area contributed by atoms with Crippen molar-refractivity contribution in [1.29, 1.82) is 0 Å². The Kier molecular flexibility index (Phi) is 40.6. The molecule has 0 N–H and O–H groups in total. The number of hydrogen-bond acceptors (Lipinski definition) is 12. The van der Waals surface area contributed by atoms with Crippen LogP contribution >= 0.6 is 0 Å². The van der Waals surface area contributed by atoms with Crippen molar-refractivity contribution in [1.82, 2.24) is 29.9 Å². The average Bonchev–Trinajstić information content (AvgIpc) is 0.865. The van der Waals surface area contributed by atoms with Crippen molar-refractivity contribution in [3.63, 3.8) is 0 Å². The predicted molar refractivity (Wildman–Crippen MR) is 424 cm³/mol. The Morgan fingerprint density at radius 1 is 0.200 bits per heavy atom. The minimum atomic E-state index is -6.00. The summed E-state index contributed by atoms with van der Waals surface area (Å²) in [5, 5.41) is 0. The standard InChI is InChI=1S/3C27H24N4.4BF4.2Zn/c3*1-20(26-7-3-5-17-28-26)30-24-13-9-22(10-14-24)19-23-11-15-25(16-12-23)31-21(2)27-8-4-6-18-29-27;4*2-1(3,4)5;;/h3*3-18H,19H2,1-2H3;;;;;;/q;;;4*-1;2*+2. The number of halogens is 16. The van der Waals surface area contributed by atoms with Gasteiger partial charge in [0.15, 0.2) is 0 Å². The Labute approximate surface area is 681 Å². The van der Waals surface area contributed by atoms with Crippen LogP contribution in [-0.4, -0.2) is 93.2 Å². The van der Waals surface area contributed by atoms with Gasteiger partial charge in [0.2, 0.25) is 0 Å². The van der Waals surface area contributed by atoms with Crippen molar-refractivity contribution >= 4 is 97.4 Å². The van der Waals surface area contributed by atoms with E-state index in [1.807, 2.05) is 151 Å². The van der Waals surface area contributed by atoms with Gasteiger partial charge in [-0.25, -0.2) is 0 Å². The fourth-order valence-corrected chi connectivity index (χ4v) is 9.80. The van der Waals surface area contributed by atoms with Crippen LogP contribution in [0.1, 0.15) is 109 Å². The zero-order valence-corrected chi connectivity index (χ0v) is 68.9. The SMILES string of the molecule is CC(=Nc1ccc(Cc2ccc(N=C(C)c3ccccn3)cc2)cc1)c1ccccn1.CC(=Nc1ccc(Cc2ccc(N=C(C)c3ccccn3)cc2)cc1)c1ccccn1.CC(=Nc1ccc(Cc2ccc(N=C(C)c3ccccn3)cc2)cc1)c1ccccn1.F[B-](F)(F)F.F[B-](F)(F)F.F[B-](F)(F)F.F[B-](F)(F)F.[Zn+2].[Zn+2]. The van der Waals surface area contributed by atoms with Gasteiger partial charge in [0.1, 0.15) is 0 Å². The van der Waals surface area contributed by atoms with Crippen LogP contribution in [0.15, 0.2) is 322 Å². The second-order valence-electron chi connectivity index (χ2n) is 24.0. The number of rotatable bonds is 18. The van der Waals surface area contributed by atoms with E-state index in [1.165, 1.54) is 33.4 Å². The third-order valence-electron chi connectivity index (χ3n) is 14.8. The van der Waals surface area contributed by atoms with E-state index in [-0.39, 0.29) is 39.0 Å². The molecule has 0 saturated carbocycles. The molecule has 6 aromatic heterocycles. The van der Waals surface area contributed by atoms with Crippen LogP contribution in [0.4, 0.5) is 103 Å². The van der Waals surface area contributed by atoms with Crippen LogP contribution in [0, 0.1) is 0 Å². The minimum Gasteiger partial charge on any atom is -0.418 e. The van der Waals surface area contributed by atoms with Crippen molar-refractivity contribution in [2.45, 2.75) is 60.8 Å². The molecule has 0 atom stereocenters. The van der Waals surface area contributed by atoms with Crippen molar-refractivity contribution in [2.75, 3.05) is 0 Å². The minimum absolute atomic E-state index is 0. The second-order valence-corrected chi connectivity index (χ2v) is 24.0. The maximum atomic E-state index is 9.75. The van der Waals surface area contributed by atoms with Crippen LogP contribution in [0.25, 0.3) is 0 Å². The van der Waals surface area contributed by atoms with Gasteiger partial charge in [0, 0.05) is 37.2 Å². The van der Waals surface area contributed by atoms with E-state index in [1.54, 1.807) is 37.2 Å². The summed E-state index contributed by atoms with van der Waals surface area (Å²) in [6, 6.07) is 85.3. The summed E-state index contributed by atoms with van der Waals surface area (Å²) < 4.78 is 156. The summed E-state index contributed by atoms with van der Waals surface area (Å²) in [6.07, 6.45) is 13.3. The van der Waals surface area contributed by atoms with E-state index < -0.39 is 29.0 Å². The monoisotopic (exact) mass is 1690 g/mol. The summed E-state index contributed by atoms with van der Waals surface area (Å²) >= 11 is 0. The van der Waals surface area contributed by atoms with E-state index in [2.05, 4.69) is 205 Å². The molecule has 0 aliphatic rings. The second kappa shape index (κ2) is 48.6. The number of hydrogen-bond donors (Lipinski definition) is 0. The van der Waals surface area contributed by atoms with Gasteiger partial charge in [-0.05, 0) is 240 Å². The van der Waals surface area contributed by atoms with Gasteiger partial charge < -0.3 is 69.1 Å². The third-order valence-corrected chi connectivity index (χ3v) is 14.8. The first-order valence-corrected chi connectivity index (χ1v) is 34.3. The maximum Gasteiger partial charge on any atom is 2.00 e. The molecule has 6 heterocycles. The number of nitrogens with zero attached hydrogens (tertiary/aromatic N) is 12. The van der Waals surface area contributed by atoms with Crippen LogP contribution in [0.5, 0.6) is 0 Å².